The van der Waals surface area contributed by atoms with Crippen LogP contribution in [0.2, 0.25) is 0 Å². The van der Waals surface area contributed by atoms with Crippen LogP contribution in [0.5, 0.6) is 0 Å². The molecule has 1 aromatic rings. The highest BCUT2D eigenvalue weighted by Gasteiger charge is 2.51. The second kappa shape index (κ2) is 8.03. The van der Waals surface area contributed by atoms with E-state index in [0.717, 1.165) is 11.1 Å². The molecule has 1 saturated heterocycles. The fourth-order valence-corrected chi connectivity index (χ4v) is 4.74. The van der Waals surface area contributed by atoms with Crippen LogP contribution in [0.3, 0.4) is 0 Å². The summed E-state index contributed by atoms with van der Waals surface area (Å²) >= 11 is 0. The molecule has 26 heavy (non-hydrogen) atoms. The van der Waals surface area contributed by atoms with E-state index in [1.54, 1.807) is 0 Å². The van der Waals surface area contributed by atoms with Gasteiger partial charge in [0, 0.05) is 30.0 Å². The first-order valence-electron chi connectivity index (χ1n) is 9.44. The summed E-state index contributed by atoms with van der Waals surface area (Å²) in [5.41, 5.74) is 1.75. The molecule has 0 bridgehead atoms. The lowest BCUT2D eigenvalue weighted by Gasteiger charge is -2.58. The van der Waals surface area contributed by atoms with Crippen molar-refractivity contribution in [2.24, 2.45) is 0 Å². The van der Waals surface area contributed by atoms with Crippen LogP contribution in [0.4, 0.5) is 0 Å². The highest BCUT2D eigenvalue weighted by atomic mass is 16.3. The Morgan fingerprint density at radius 3 is 2.42 bits per heavy atom. The van der Waals surface area contributed by atoms with Gasteiger partial charge in [-0.15, -0.1) is 0 Å². The lowest BCUT2D eigenvalue weighted by Crippen LogP contribution is -2.65. The van der Waals surface area contributed by atoms with Crippen molar-refractivity contribution in [1.82, 2.24) is 4.90 Å². The van der Waals surface area contributed by atoms with Crippen LogP contribution in [-0.4, -0.2) is 51.2 Å². The topological polar surface area (TPSA) is 60.8 Å². The predicted molar refractivity (Wildman–Crippen MR) is 105 cm³/mol. The average molecular weight is 360 g/mol. The van der Waals surface area contributed by atoms with Gasteiger partial charge < -0.3 is 10.2 Å². The van der Waals surface area contributed by atoms with Gasteiger partial charge in [0.2, 0.25) is 0 Å². The number of hydrogen-bond acceptors (Lipinski definition) is 4. The van der Waals surface area contributed by atoms with Crippen molar-refractivity contribution < 1.29 is 15.0 Å². The molecule has 1 aromatic carbocycles. The zero-order valence-electron chi connectivity index (χ0n) is 16.5. The summed E-state index contributed by atoms with van der Waals surface area (Å²) in [4.78, 5) is 13.7. The minimum Gasteiger partial charge on any atom is -0.395 e. The van der Waals surface area contributed by atoms with Crippen LogP contribution in [-0.2, 0) is 11.2 Å². The number of aliphatic hydroxyl groups excluding tert-OH is 2. The lowest BCUT2D eigenvalue weighted by molar-refractivity contribution is -0.114. The first-order chi connectivity index (χ1) is 12.1. The Morgan fingerprint density at radius 2 is 1.88 bits per heavy atom. The van der Waals surface area contributed by atoms with E-state index < -0.39 is 6.10 Å². The van der Waals surface area contributed by atoms with E-state index in [1.807, 2.05) is 12.1 Å². The van der Waals surface area contributed by atoms with Crippen LogP contribution in [0, 0.1) is 0 Å². The van der Waals surface area contributed by atoms with Crippen molar-refractivity contribution in [2.75, 3.05) is 13.2 Å². The van der Waals surface area contributed by atoms with Crippen molar-refractivity contribution in [2.45, 2.75) is 70.1 Å². The molecule has 2 N–H and O–H groups in total. The summed E-state index contributed by atoms with van der Waals surface area (Å²) < 4.78 is 0. The summed E-state index contributed by atoms with van der Waals surface area (Å²) in [7, 11) is 0. The van der Waals surface area contributed by atoms with Gasteiger partial charge in [0.25, 0.3) is 0 Å². The quantitative estimate of drug-likeness (QED) is 0.735. The molecule has 4 heteroatoms. The number of likely N-dealkylation sites (tertiary alicyclic amines) is 1. The normalized spacial score (nSPS) is 25.0. The van der Waals surface area contributed by atoms with Gasteiger partial charge in [-0.05, 0) is 57.7 Å². The van der Waals surface area contributed by atoms with Crippen LogP contribution in [0.15, 0.2) is 36.9 Å². The Labute approximate surface area is 157 Å². The molecule has 1 aliphatic rings. The molecule has 0 spiro atoms. The van der Waals surface area contributed by atoms with E-state index in [9.17, 15) is 15.0 Å². The van der Waals surface area contributed by atoms with Gasteiger partial charge in [0.1, 0.15) is 0 Å². The number of benzene rings is 1. The number of hydrogen-bond donors (Lipinski definition) is 2. The number of piperidine rings is 1. The zero-order valence-corrected chi connectivity index (χ0v) is 16.5. The molecule has 4 nitrogen and oxygen atoms in total. The third-order valence-electron chi connectivity index (χ3n) is 5.83. The average Bonchev–Trinajstić information content (AvgIpc) is 2.56. The molecule has 2 rings (SSSR count). The SMILES string of the molecule is C=CC(=O)CCc1ccc(C2C(O)CC(C)(C)N(CCO)C2(C)C)cc1. The van der Waals surface area contributed by atoms with E-state index in [-0.39, 0.29) is 29.4 Å². The molecular formula is C22H33NO3. The molecule has 1 fully saturated rings. The number of aliphatic hydroxyl groups is 2. The Hall–Kier alpha value is -1.49. The molecule has 2 atom stereocenters. The molecule has 2 unspecified atom stereocenters. The van der Waals surface area contributed by atoms with Crippen LogP contribution >= 0.6 is 0 Å². The maximum absolute atomic E-state index is 11.4. The monoisotopic (exact) mass is 359 g/mol. The van der Waals surface area contributed by atoms with Gasteiger partial charge in [-0.1, -0.05) is 30.8 Å². The van der Waals surface area contributed by atoms with Crippen LogP contribution in [0.1, 0.15) is 57.6 Å². The number of β-amino-alcohol motifs (C(OH)–C–C–N with tert-alkyl or cyclic N) is 1. The molecule has 0 amide bonds. The number of ketones is 1. The van der Waals surface area contributed by atoms with Gasteiger partial charge in [0.15, 0.2) is 5.78 Å². The predicted octanol–water partition coefficient (Wildman–Crippen LogP) is 3.07. The van der Waals surface area contributed by atoms with E-state index in [4.69, 9.17) is 0 Å². The van der Waals surface area contributed by atoms with Crippen molar-refractivity contribution >= 4 is 5.78 Å². The summed E-state index contributed by atoms with van der Waals surface area (Å²) in [6.07, 6.45) is 2.76. The minimum atomic E-state index is -0.442. The highest BCUT2D eigenvalue weighted by Crippen LogP contribution is 2.46. The largest absolute Gasteiger partial charge is 0.395 e. The standard InChI is InChI=1S/C22H33NO3/c1-6-18(25)12-9-16-7-10-17(11-8-16)20-19(26)15-21(2,3)23(13-14-24)22(20,4)5/h6-8,10-11,19-20,24,26H,1,9,12-15H2,2-5H3. The van der Waals surface area contributed by atoms with Gasteiger partial charge in [-0.25, -0.2) is 0 Å². The van der Waals surface area contributed by atoms with Gasteiger partial charge >= 0.3 is 0 Å². The molecule has 1 heterocycles. The first kappa shape index (κ1) is 20.8. The fraction of sp³-hybridized carbons (Fsp3) is 0.591. The summed E-state index contributed by atoms with van der Waals surface area (Å²) in [6.45, 7) is 12.7. The van der Waals surface area contributed by atoms with Crippen molar-refractivity contribution in [3.63, 3.8) is 0 Å². The smallest absolute Gasteiger partial charge is 0.155 e. The molecular weight excluding hydrogens is 326 g/mol. The number of nitrogens with zero attached hydrogens (tertiary/aromatic N) is 1. The van der Waals surface area contributed by atoms with Crippen molar-refractivity contribution in [1.29, 1.82) is 0 Å². The van der Waals surface area contributed by atoms with E-state index in [0.29, 0.717) is 25.8 Å². The third-order valence-corrected chi connectivity index (χ3v) is 5.83. The van der Waals surface area contributed by atoms with E-state index in [1.165, 1.54) is 6.08 Å². The second-order valence-electron chi connectivity index (χ2n) is 8.50. The number of carbonyl (C=O) groups is 1. The summed E-state index contributed by atoms with van der Waals surface area (Å²) in [5.74, 6) is 0.0192. The van der Waals surface area contributed by atoms with Crippen molar-refractivity contribution in [3.8, 4) is 0 Å². The number of carbonyl (C=O) groups excluding carboxylic acids is 1. The number of allylic oxidation sites excluding steroid dienone is 1. The molecule has 144 valence electrons. The lowest BCUT2D eigenvalue weighted by atomic mass is 9.68. The number of rotatable bonds is 7. The Bertz CT molecular complexity index is 633. The van der Waals surface area contributed by atoms with Gasteiger partial charge in [0.05, 0.1) is 12.7 Å². The van der Waals surface area contributed by atoms with E-state index in [2.05, 4.69) is 51.3 Å². The Balaban J connectivity index is 2.25. The molecule has 0 saturated carbocycles. The maximum atomic E-state index is 11.4. The van der Waals surface area contributed by atoms with Crippen molar-refractivity contribution in [3.05, 3.63) is 48.0 Å². The third kappa shape index (κ3) is 4.25. The molecule has 0 aliphatic carbocycles. The maximum Gasteiger partial charge on any atom is 0.155 e. The highest BCUT2D eigenvalue weighted by molar-refractivity contribution is 5.89. The molecule has 1 aliphatic heterocycles. The van der Waals surface area contributed by atoms with E-state index >= 15 is 0 Å². The molecule has 0 aromatic heterocycles. The first-order valence-corrected chi connectivity index (χ1v) is 9.44. The number of aryl methyl sites for hydroxylation is 1. The summed E-state index contributed by atoms with van der Waals surface area (Å²) in [6, 6.07) is 8.23. The van der Waals surface area contributed by atoms with Crippen LogP contribution < -0.4 is 0 Å². The van der Waals surface area contributed by atoms with Crippen LogP contribution in [0.25, 0.3) is 0 Å². The minimum absolute atomic E-state index is 0.0362. The summed E-state index contributed by atoms with van der Waals surface area (Å²) in [5, 5.41) is 20.4. The Morgan fingerprint density at radius 1 is 1.27 bits per heavy atom. The fourth-order valence-electron chi connectivity index (χ4n) is 4.74. The Kier molecular flexibility index (Phi) is 6.43. The van der Waals surface area contributed by atoms with Gasteiger partial charge in [-0.2, -0.15) is 0 Å². The second-order valence-corrected chi connectivity index (χ2v) is 8.50. The zero-order chi connectivity index (χ0) is 19.5. The van der Waals surface area contributed by atoms with Gasteiger partial charge in [-0.3, -0.25) is 9.69 Å². The molecule has 0 radical (unpaired) electrons.